The van der Waals surface area contributed by atoms with Gasteiger partial charge in [0.2, 0.25) is 5.91 Å². The van der Waals surface area contributed by atoms with Gasteiger partial charge in [0, 0.05) is 17.1 Å². The zero-order valence-electron chi connectivity index (χ0n) is 12.6. The molecule has 2 aromatic rings. The second kappa shape index (κ2) is 7.87. The topological polar surface area (TPSA) is 54.7 Å². The van der Waals surface area contributed by atoms with Gasteiger partial charge >= 0.3 is 0 Å². The first-order valence-corrected chi connectivity index (χ1v) is 7.26. The van der Waals surface area contributed by atoms with E-state index in [2.05, 4.69) is 5.32 Å². The fourth-order valence-electron chi connectivity index (χ4n) is 2.12. The normalized spacial score (nSPS) is 10.7. The van der Waals surface area contributed by atoms with E-state index in [-0.39, 0.29) is 12.5 Å². The number of carbonyl (C=O) groups excluding carboxylic acids is 1. The molecule has 118 valence electrons. The number of hydrogen-bond acceptors (Lipinski definition) is 4. The van der Waals surface area contributed by atoms with Gasteiger partial charge in [-0.05, 0) is 37.4 Å². The van der Waals surface area contributed by atoms with Crippen LogP contribution in [-0.2, 0) is 17.9 Å². The highest BCUT2D eigenvalue weighted by Crippen LogP contribution is 2.23. The number of rotatable bonds is 7. The van der Waals surface area contributed by atoms with E-state index in [4.69, 9.17) is 20.8 Å². The van der Waals surface area contributed by atoms with Crippen LogP contribution in [0, 0.1) is 0 Å². The quantitative estimate of drug-likeness (QED) is 0.851. The third-order valence-electron chi connectivity index (χ3n) is 3.14. The highest BCUT2D eigenvalue weighted by molar-refractivity contribution is 6.30. The maximum Gasteiger partial charge on any atom is 0.234 e. The molecule has 0 spiro atoms. The van der Waals surface area contributed by atoms with E-state index in [1.165, 1.54) is 0 Å². The van der Waals surface area contributed by atoms with Gasteiger partial charge in [-0.3, -0.25) is 9.69 Å². The van der Waals surface area contributed by atoms with Gasteiger partial charge in [0.05, 0.1) is 26.5 Å². The number of ether oxygens (including phenoxy) is 1. The molecule has 0 aliphatic heterocycles. The molecular formula is C16H19ClN2O3. The standard InChI is InChI=1S/C16H19ClN2O3/c1-19(10-12-8-13(17)5-6-15(12)21-2)11-16(20)18-9-14-4-3-7-22-14/h3-8H,9-11H2,1-2H3,(H,18,20). The Morgan fingerprint density at radius 2 is 2.23 bits per heavy atom. The van der Waals surface area contributed by atoms with Gasteiger partial charge in [0.25, 0.3) is 0 Å². The lowest BCUT2D eigenvalue weighted by Gasteiger charge is -2.18. The summed E-state index contributed by atoms with van der Waals surface area (Å²) < 4.78 is 10.5. The molecule has 0 aliphatic carbocycles. The summed E-state index contributed by atoms with van der Waals surface area (Å²) in [5.41, 5.74) is 0.941. The number of carbonyl (C=O) groups is 1. The first-order chi connectivity index (χ1) is 10.6. The van der Waals surface area contributed by atoms with Gasteiger partial charge in [-0.2, -0.15) is 0 Å². The Hall–Kier alpha value is -1.98. The Balaban J connectivity index is 1.85. The summed E-state index contributed by atoms with van der Waals surface area (Å²) in [6.45, 7) is 1.23. The number of nitrogens with zero attached hydrogens (tertiary/aromatic N) is 1. The van der Waals surface area contributed by atoms with Crippen LogP contribution in [0.1, 0.15) is 11.3 Å². The number of furan rings is 1. The monoisotopic (exact) mass is 322 g/mol. The molecule has 0 atom stereocenters. The van der Waals surface area contributed by atoms with Gasteiger partial charge in [0.1, 0.15) is 11.5 Å². The van der Waals surface area contributed by atoms with Crippen molar-refractivity contribution in [2.45, 2.75) is 13.1 Å². The highest BCUT2D eigenvalue weighted by atomic mass is 35.5. The molecule has 2 rings (SSSR count). The maximum absolute atomic E-state index is 11.9. The summed E-state index contributed by atoms with van der Waals surface area (Å²) in [6, 6.07) is 9.06. The maximum atomic E-state index is 11.9. The Kier molecular flexibility index (Phi) is 5.86. The summed E-state index contributed by atoms with van der Waals surface area (Å²) in [5, 5.41) is 3.45. The number of amides is 1. The van der Waals surface area contributed by atoms with Crippen LogP contribution in [0.5, 0.6) is 5.75 Å². The molecule has 1 amide bonds. The SMILES string of the molecule is COc1ccc(Cl)cc1CN(C)CC(=O)NCc1ccco1. The Bertz CT molecular complexity index is 614. The molecule has 0 saturated carbocycles. The zero-order valence-corrected chi connectivity index (χ0v) is 13.4. The van der Waals surface area contributed by atoms with E-state index in [9.17, 15) is 4.79 Å². The fourth-order valence-corrected chi connectivity index (χ4v) is 2.31. The largest absolute Gasteiger partial charge is 0.496 e. The van der Waals surface area contributed by atoms with Gasteiger partial charge in [-0.15, -0.1) is 0 Å². The van der Waals surface area contributed by atoms with Gasteiger partial charge in [0.15, 0.2) is 0 Å². The molecule has 0 bridgehead atoms. The summed E-state index contributed by atoms with van der Waals surface area (Å²) in [6.07, 6.45) is 1.58. The minimum Gasteiger partial charge on any atom is -0.496 e. The van der Waals surface area contributed by atoms with Crippen molar-refractivity contribution in [2.75, 3.05) is 20.7 Å². The molecule has 5 nitrogen and oxygen atoms in total. The lowest BCUT2D eigenvalue weighted by molar-refractivity contribution is -0.122. The molecule has 0 aliphatic rings. The second-order valence-electron chi connectivity index (χ2n) is 4.98. The van der Waals surface area contributed by atoms with Crippen molar-refractivity contribution in [1.82, 2.24) is 10.2 Å². The van der Waals surface area contributed by atoms with Crippen LogP contribution in [0.15, 0.2) is 41.0 Å². The van der Waals surface area contributed by atoms with E-state index in [1.807, 2.05) is 30.1 Å². The molecule has 6 heteroatoms. The molecule has 1 N–H and O–H groups in total. The lowest BCUT2D eigenvalue weighted by Crippen LogP contribution is -2.34. The Labute approximate surface area is 134 Å². The molecule has 1 aromatic carbocycles. The molecule has 1 heterocycles. The summed E-state index contributed by atoms with van der Waals surface area (Å²) in [7, 11) is 3.48. The summed E-state index contributed by atoms with van der Waals surface area (Å²) >= 11 is 6.01. The third-order valence-corrected chi connectivity index (χ3v) is 3.37. The summed E-state index contributed by atoms with van der Waals surface area (Å²) in [4.78, 5) is 13.8. The molecular weight excluding hydrogens is 304 g/mol. The average molecular weight is 323 g/mol. The fraction of sp³-hybridized carbons (Fsp3) is 0.312. The van der Waals surface area contributed by atoms with Crippen molar-refractivity contribution in [1.29, 1.82) is 0 Å². The highest BCUT2D eigenvalue weighted by Gasteiger charge is 2.11. The van der Waals surface area contributed by atoms with Gasteiger partial charge in [-0.1, -0.05) is 11.6 Å². The van der Waals surface area contributed by atoms with E-state index >= 15 is 0 Å². The molecule has 0 saturated heterocycles. The number of halogens is 1. The smallest absolute Gasteiger partial charge is 0.234 e. The van der Waals surface area contributed by atoms with Crippen LogP contribution in [-0.4, -0.2) is 31.5 Å². The first kappa shape index (κ1) is 16.4. The van der Waals surface area contributed by atoms with E-state index in [0.29, 0.717) is 18.1 Å². The Morgan fingerprint density at radius 3 is 2.91 bits per heavy atom. The van der Waals surface area contributed by atoms with Crippen molar-refractivity contribution < 1.29 is 13.9 Å². The summed E-state index contributed by atoms with van der Waals surface area (Å²) in [5.74, 6) is 1.42. The van der Waals surface area contributed by atoms with E-state index in [1.54, 1.807) is 25.5 Å². The van der Waals surface area contributed by atoms with Crippen molar-refractivity contribution in [3.63, 3.8) is 0 Å². The Morgan fingerprint density at radius 1 is 1.41 bits per heavy atom. The predicted molar refractivity (Wildman–Crippen MR) is 84.9 cm³/mol. The van der Waals surface area contributed by atoms with Crippen LogP contribution in [0.25, 0.3) is 0 Å². The number of benzene rings is 1. The van der Waals surface area contributed by atoms with E-state index < -0.39 is 0 Å². The van der Waals surface area contributed by atoms with Gasteiger partial charge in [-0.25, -0.2) is 0 Å². The van der Waals surface area contributed by atoms with Crippen molar-refractivity contribution >= 4 is 17.5 Å². The lowest BCUT2D eigenvalue weighted by atomic mass is 10.2. The second-order valence-corrected chi connectivity index (χ2v) is 5.42. The van der Waals surface area contributed by atoms with E-state index in [0.717, 1.165) is 17.1 Å². The van der Waals surface area contributed by atoms with Crippen molar-refractivity contribution in [2.24, 2.45) is 0 Å². The first-order valence-electron chi connectivity index (χ1n) is 6.88. The predicted octanol–water partition coefficient (Wildman–Crippen LogP) is 2.69. The zero-order chi connectivity index (χ0) is 15.9. The number of nitrogens with one attached hydrogen (secondary N) is 1. The van der Waals surface area contributed by atoms with Crippen LogP contribution >= 0.6 is 11.6 Å². The number of methoxy groups -OCH3 is 1. The minimum absolute atomic E-state index is 0.0695. The third kappa shape index (κ3) is 4.79. The van der Waals surface area contributed by atoms with Crippen LogP contribution in [0.2, 0.25) is 5.02 Å². The molecule has 0 fully saturated rings. The van der Waals surface area contributed by atoms with Crippen molar-refractivity contribution in [3.8, 4) is 5.75 Å². The molecule has 0 radical (unpaired) electrons. The van der Waals surface area contributed by atoms with Crippen LogP contribution < -0.4 is 10.1 Å². The average Bonchev–Trinajstić information content (AvgIpc) is 2.98. The van der Waals surface area contributed by atoms with Gasteiger partial charge < -0.3 is 14.5 Å². The van der Waals surface area contributed by atoms with Crippen LogP contribution in [0.3, 0.4) is 0 Å². The number of hydrogen-bond donors (Lipinski definition) is 1. The molecule has 0 unspecified atom stereocenters. The number of likely N-dealkylation sites (N-methyl/N-ethyl adjacent to an activating group) is 1. The van der Waals surface area contributed by atoms with Crippen LogP contribution in [0.4, 0.5) is 0 Å². The molecule has 22 heavy (non-hydrogen) atoms. The molecule has 1 aromatic heterocycles. The minimum atomic E-state index is -0.0695. The van der Waals surface area contributed by atoms with Crippen molar-refractivity contribution in [3.05, 3.63) is 52.9 Å².